The molecule has 2 atom stereocenters. The van der Waals surface area contributed by atoms with E-state index in [1.807, 2.05) is 6.92 Å². The lowest BCUT2D eigenvalue weighted by molar-refractivity contribution is 0.132. The quantitative estimate of drug-likeness (QED) is 0.605. The second kappa shape index (κ2) is 5.31. The molecule has 22 heavy (non-hydrogen) atoms. The summed E-state index contributed by atoms with van der Waals surface area (Å²) in [5.41, 5.74) is 4.11. The Kier molecular flexibility index (Phi) is 3.41. The zero-order valence-electron chi connectivity index (χ0n) is 13.2. The fraction of sp³-hybridized carbons (Fsp3) is 0.368. The maximum absolute atomic E-state index is 3.17. The SMILES string of the molecule is CC#Cc1ccc2c(c1)CCN(C(C)N1CS13C=CC=C3)C2. The third-order valence-corrected chi connectivity index (χ3v) is 7.86. The first-order valence-corrected chi connectivity index (χ1v) is 9.82. The van der Waals surface area contributed by atoms with Crippen LogP contribution in [-0.4, -0.2) is 27.8 Å². The van der Waals surface area contributed by atoms with Crippen LogP contribution in [0.25, 0.3) is 0 Å². The van der Waals surface area contributed by atoms with Crippen molar-refractivity contribution in [3.63, 3.8) is 0 Å². The first-order chi connectivity index (χ1) is 10.7. The van der Waals surface area contributed by atoms with Crippen LogP contribution in [0.4, 0.5) is 0 Å². The molecular formula is C19H22N2S. The van der Waals surface area contributed by atoms with E-state index < -0.39 is 10.2 Å². The van der Waals surface area contributed by atoms with Gasteiger partial charge in [0.15, 0.2) is 0 Å². The largest absolute Gasteiger partial charge is 0.283 e. The smallest absolute Gasteiger partial charge is 0.0696 e. The lowest BCUT2D eigenvalue weighted by Crippen LogP contribution is -2.41. The molecule has 0 N–H and O–H groups in total. The Bertz CT molecular complexity index is 711. The molecule has 0 saturated carbocycles. The number of allylic oxidation sites excluding steroid dienone is 2. The minimum absolute atomic E-state index is 0.533. The van der Waals surface area contributed by atoms with Gasteiger partial charge < -0.3 is 0 Å². The first kappa shape index (κ1) is 14.1. The van der Waals surface area contributed by atoms with E-state index in [1.54, 1.807) is 0 Å². The molecule has 1 fully saturated rings. The number of benzene rings is 1. The average Bonchev–Trinajstić information content (AvgIpc) is 3.03. The molecule has 3 heterocycles. The zero-order chi connectivity index (χ0) is 15.2. The van der Waals surface area contributed by atoms with Crippen LogP contribution in [0.3, 0.4) is 0 Å². The van der Waals surface area contributed by atoms with Gasteiger partial charge >= 0.3 is 0 Å². The van der Waals surface area contributed by atoms with Gasteiger partial charge in [-0.05, 0) is 54.3 Å². The van der Waals surface area contributed by atoms with E-state index >= 15 is 0 Å². The molecule has 2 unspecified atom stereocenters. The van der Waals surface area contributed by atoms with Crippen molar-refractivity contribution in [3.05, 3.63) is 57.9 Å². The van der Waals surface area contributed by atoms with Gasteiger partial charge in [0.1, 0.15) is 0 Å². The maximum atomic E-state index is 3.17. The molecule has 4 rings (SSSR count). The highest BCUT2D eigenvalue weighted by Gasteiger charge is 2.48. The van der Waals surface area contributed by atoms with Crippen molar-refractivity contribution in [2.45, 2.75) is 33.0 Å². The number of rotatable bonds is 2. The van der Waals surface area contributed by atoms with Gasteiger partial charge in [-0.2, -0.15) is 0 Å². The van der Waals surface area contributed by atoms with E-state index in [0.717, 1.165) is 25.1 Å². The summed E-state index contributed by atoms with van der Waals surface area (Å²) in [7, 11) is -0.665. The highest BCUT2D eigenvalue weighted by molar-refractivity contribution is 8.41. The minimum atomic E-state index is -0.665. The van der Waals surface area contributed by atoms with Gasteiger partial charge in [0, 0.05) is 18.7 Å². The van der Waals surface area contributed by atoms with E-state index in [2.05, 4.69) is 69.1 Å². The summed E-state index contributed by atoms with van der Waals surface area (Å²) < 4.78 is 2.66. The summed E-state index contributed by atoms with van der Waals surface area (Å²) in [6, 6.07) is 6.71. The van der Waals surface area contributed by atoms with Crippen LogP contribution < -0.4 is 0 Å². The van der Waals surface area contributed by atoms with Gasteiger partial charge in [-0.1, -0.05) is 24.1 Å². The summed E-state index contributed by atoms with van der Waals surface area (Å²) in [5, 5.41) is 4.83. The Labute approximate surface area is 134 Å². The van der Waals surface area contributed by atoms with Gasteiger partial charge in [-0.3, -0.25) is 4.90 Å². The molecule has 1 saturated heterocycles. The van der Waals surface area contributed by atoms with E-state index in [-0.39, 0.29) is 0 Å². The van der Waals surface area contributed by atoms with E-state index in [9.17, 15) is 0 Å². The van der Waals surface area contributed by atoms with Gasteiger partial charge in [-0.15, -0.1) is 16.1 Å². The van der Waals surface area contributed by atoms with Crippen LogP contribution in [0.2, 0.25) is 0 Å². The first-order valence-electron chi connectivity index (χ1n) is 7.93. The molecule has 3 heteroatoms. The van der Waals surface area contributed by atoms with Crippen molar-refractivity contribution in [3.8, 4) is 11.8 Å². The third kappa shape index (κ3) is 2.32. The Hall–Kier alpha value is -1.47. The minimum Gasteiger partial charge on any atom is -0.283 e. The topological polar surface area (TPSA) is 6.25 Å². The molecule has 0 radical (unpaired) electrons. The predicted molar refractivity (Wildman–Crippen MR) is 95.1 cm³/mol. The molecule has 114 valence electrons. The molecule has 3 aliphatic heterocycles. The molecule has 1 aromatic carbocycles. The summed E-state index contributed by atoms with van der Waals surface area (Å²) in [4.78, 5) is 2.62. The summed E-state index contributed by atoms with van der Waals surface area (Å²) >= 11 is 0. The van der Waals surface area contributed by atoms with E-state index in [1.165, 1.54) is 17.0 Å². The normalized spacial score (nSPS) is 27.1. The van der Waals surface area contributed by atoms with Crippen LogP contribution in [-0.2, 0) is 13.0 Å². The second-order valence-electron chi connectivity index (χ2n) is 6.22. The molecule has 2 nitrogen and oxygen atoms in total. The van der Waals surface area contributed by atoms with Crippen molar-refractivity contribution in [1.82, 2.24) is 9.21 Å². The van der Waals surface area contributed by atoms with Crippen LogP contribution in [0.1, 0.15) is 30.5 Å². The Morgan fingerprint density at radius 1 is 1.18 bits per heavy atom. The lowest BCUT2D eigenvalue weighted by atomic mass is 9.97. The average molecular weight is 310 g/mol. The molecule has 1 spiro atoms. The lowest BCUT2D eigenvalue weighted by Gasteiger charge is -2.35. The van der Waals surface area contributed by atoms with Crippen LogP contribution in [0.5, 0.6) is 0 Å². The highest BCUT2D eigenvalue weighted by Crippen LogP contribution is 2.71. The fourth-order valence-corrected chi connectivity index (χ4v) is 6.46. The van der Waals surface area contributed by atoms with Gasteiger partial charge in [-0.25, -0.2) is 4.31 Å². The van der Waals surface area contributed by atoms with Crippen molar-refractivity contribution in [2.75, 3.05) is 12.4 Å². The van der Waals surface area contributed by atoms with Gasteiger partial charge in [0.25, 0.3) is 0 Å². The third-order valence-electron chi connectivity index (χ3n) is 4.90. The Morgan fingerprint density at radius 3 is 2.77 bits per heavy atom. The highest BCUT2D eigenvalue weighted by atomic mass is 32.3. The Balaban J connectivity index is 1.49. The predicted octanol–water partition coefficient (Wildman–Crippen LogP) is 3.80. The van der Waals surface area contributed by atoms with Crippen LogP contribution >= 0.6 is 10.2 Å². The molecular weight excluding hydrogens is 288 g/mol. The summed E-state index contributed by atoms with van der Waals surface area (Å²) in [6.07, 6.45) is 6.10. The summed E-state index contributed by atoms with van der Waals surface area (Å²) in [6.45, 7) is 6.48. The van der Waals surface area contributed by atoms with Crippen molar-refractivity contribution in [2.24, 2.45) is 0 Å². The molecule has 1 aromatic rings. The zero-order valence-corrected chi connectivity index (χ0v) is 14.1. The standard InChI is InChI=1S/C19H22N2S/c1-3-6-17-7-8-19-14-20(10-9-18(19)13-17)16(2)21-15-22(21)11-4-5-12-22/h4-5,7-8,11-13,16H,9-10,14-15H2,1-2H3. The van der Waals surface area contributed by atoms with E-state index in [0.29, 0.717) is 6.17 Å². The molecule has 0 aliphatic carbocycles. The van der Waals surface area contributed by atoms with Crippen molar-refractivity contribution < 1.29 is 0 Å². The second-order valence-corrected chi connectivity index (χ2v) is 9.11. The number of hydrogen-bond donors (Lipinski definition) is 0. The maximum Gasteiger partial charge on any atom is 0.0696 e. The molecule has 0 bridgehead atoms. The molecule has 0 aromatic heterocycles. The van der Waals surface area contributed by atoms with Crippen molar-refractivity contribution in [1.29, 1.82) is 0 Å². The number of fused-ring (bicyclic) bond motifs is 1. The van der Waals surface area contributed by atoms with Crippen LogP contribution in [0.15, 0.2) is 41.2 Å². The van der Waals surface area contributed by atoms with Crippen LogP contribution in [0, 0.1) is 11.8 Å². The molecule has 0 amide bonds. The van der Waals surface area contributed by atoms with Crippen molar-refractivity contribution >= 4 is 10.2 Å². The van der Waals surface area contributed by atoms with Gasteiger partial charge in [0.2, 0.25) is 0 Å². The van der Waals surface area contributed by atoms with Gasteiger partial charge in [0.05, 0.1) is 12.0 Å². The molecule has 3 aliphatic rings. The number of nitrogens with zero attached hydrogens (tertiary/aromatic N) is 2. The monoisotopic (exact) mass is 310 g/mol. The van der Waals surface area contributed by atoms with E-state index in [4.69, 9.17) is 0 Å². The number of hydrogen-bond acceptors (Lipinski definition) is 2. The summed E-state index contributed by atoms with van der Waals surface area (Å²) in [5.74, 6) is 7.41. The fourth-order valence-electron chi connectivity index (χ4n) is 3.52. The Morgan fingerprint density at radius 2 is 2.00 bits per heavy atom.